The molecule has 0 aromatic heterocycles. The van der Waals surface area contributed by atoms with E-state index in [-0.39, 0.29) is 19.2 Å². The number of hydrogen-bond donors (Lipinski definition) is 1. The van der Waals surface area contributed by atoms with Gasteiger partial charge in [0.05, 0.1) is 13.2 Å². The van der Waals surface area contributed by atoms with Crippen LogP contribution in [0, 0.1) is 0 Å². The zero-order chi connectivity index (χ0) is 39.8. The Morgan fingerprint density at radius 1 is 0.455 bits per heavy atom. The van der Waals surface area contributed by atoms with Crippen LogP contribution in [0.4, 0.5) is 0 Å². The molecular formula is C51H86O4. The average Bonchev–Trinajstić information content (AvgIpc) is 3.19. The second-order valence-corrected chi connectivity index (χ2v) is 14.7. The fourth-order valence-corrected chi connectivity index (χ4v) is 6.01. The van der Waals surface area contributed by atoms with Crippen molar-refractivity contribution in [3.63, 3.8) is 0 Å². The average molecular weight is 763 g/mol. The predicted octanol–water partition coefficient (Wildman–Crippen LogP) is 15.3. The molecule has 0 aromatic rings. The zero-order valence-electron chi connectivity index (χ0n) is 35.9. The molecule has 0 aliphatic heterocycles. The Kier molecular flexibility index (Phi) is 45.1. The first-order valence-electron chi connectivity index (χ1n) is 22.8. The van der Waals surface area contributed by atoms with Crippen LogP contribution in [-0.4, -0.2) is 37.0 Å². The first-order valence-corrected chi connectivity index (χ1v) is 22.8. The smallest absolute Gasteiger partial charge is 0.306 e. The molecule has 1 unspecified atom stereocenters. The maximum Gasteiger partial charge on any atom is 0.306 e. The quantitative estimate of drug-likeness (QED) is 0.0383. The van der Waals surface area contributed by atoms with Crippen LogP contribution in [0.1, 0.15) is 194 Å². The van der Waals surface area contributed by atoms with Gasteiger partial charge in [-0.25, -0.2) is 0 Å². The van der Waals surface area contributed by atoms with Gasteiger partial charge in [0.15, 0.2) is 0 Å². The lowest BCUT2D eigenvalue weighted by atomic mass is 10.1. The lowest BCUT2D eigenvalue weighted by Gasteiger charge is -2.15. The molecule has 314 valence electrons. The van der Waals surface area contributed by atoms with Gasteiger partial charge in [-0.3, -0.25) is 4.79 Å². The molecule has 55 heavy (non-hydrogen) atoms. The molecule has 0 rings (SSSR count). The van der Waals surface area contributed by atoms with E-state index in [0.29, 0.717) is 13.0 Å². The summed E-state index contributed by atoms with van der Waals surface area (Å²) < 4.78 is 11.2. The van der Waals surface area contributed by atoms with Crippen LogP contribution >= 0.6 is 0 Å². The molecule has 1 atom stereocenters. The van der Waals surface area contributed by atoms with Crippen molar-refractivity contribution in [2.24, 2.45) is 0 Å². The SMILES string of the molecule is CC/C=C\C/C=C\C/C=C\C/C=C\C/C=C\CCCCCC(=O)OC(CO)COCCCCCCCCCCC/C=C\C/C=C\C/C=C\CCCCCCC. The Morgan fingerprint density at radius 2 is 0.818 bits per heavy atom. The molecule has 0 spiro atoms. The number of ether oxygens (including phenoxy) is 2. The lowest BCUT2D eigenvalue weighted by Crippen LogP contribution is -2.27. The summed E-state index contributed by atoms with van der Waals surface area (Å²) in [5, 5.41) is 9.62. The topological polar surface area (TPSA) is 55.8 Å². The Morgan fingerprint density at radius 3 is 1.24 bits per heavy atom. The highest BCUT2D eigenvalue weighted by Gasteiger charge is 2.13. The molecule has 0 aliphatic carbocycles. The molecule has 4 nitrogen and oxygen atoms in total. The van der Waals surface area contributed by atoms with Crippen LogP contribution < -0.4 is 0 Å². The molecule has 0 saturated heterocycles. The van der Waals surface area contributed by atoms with Crippen molar-refractivity contribution in [1.29, 1.82) is 0 Å². The van der Waals surface area contributed by atoms with Gasteiger partial charge in [-0.2, -0.15) is 0 Å². The second kappa shape index (κ2) is 47.5. The van der Waals surface area contributed by atoms with Crippen molar-refractivity contribution in [1.82, 2.24) is 0 Å². The predicted molar refractivity (Wildman–Crippen MR) is 242 cm³/mol. The summed E-state index contributed by atoms with van der Waals surface area (Å²) in [6.07, 6.45) is 67.6. The number of esters is 1. The van der Waals surface area contributed by atoms with E-state index in [1.54, 1.807) is 0 Å². The number of carbonyl (C=O) groups is 1. The minimum absolute atomic E-state index is 0.194. The number of aliphatic hydroxyl groups excluding tert-OH is 1. The fourth-order valence-electron chi connectivity index (χ4n) is 6.01. The molecule has 0 fully saturated rings. The van der Waals surface area contributed by atoms with Crippen LogP contribution in [0.3, 0.4) is 0 Å². The third-order valence-electron chi connectivity index (χ3n) is 9.39. The Hall–Kier alpha value is -2.69. The molecule has 4 heteroatoms. The number of carbonyl (C=O) groups excluding carboxylic acids is 1. The molecule has 0 amide bonds. The van der Waals surface area contributed by atoms with Gasteiger partial charge in [-0.1, -0.05) is 188 Å². The fraction of sp³-hybridized carbons (Fsp3) is 0.667. The third kappa shape index (κ3) is 45.6. The van der Waals surface area contributed by atoms with E-state index in [1.165, 1.54) is 89.9 Å². The van der Waals surface area contributed by atoms with Crippen LogP contribution in [0.25, 0.3) is 0 Å². The van der Waals surface area contributed by atoms with E-state index in [1.807, 2.05) is 0 Å². The maximum atomic E-state index is 12.2. The number of aliphatic hydroxyl groups is 1. The first kappa shape index (κ1) is 52.3. The minimum atomic E-state index is -0.562. The Labute approximate surface area is 341 Å². The molecule has 0 radical (unpaired) electrons. The number of rotatable bonds is 41. The largest absolute Gasteiger partial charge is 0.457 e. The molecule has 0 aromatic carbocycles. The van der Waals surface area contributed by atoms with Gasteiger partial charge < -0.3 is 14.6 Å². The number of hydrogen-bond acceptors (Lipinski definition) is 4. The summed E-state index contributed by atoms with van der Waals surface area (Å²) in [7, 11) is 0. The highest BCUT2D eigenvalue weighted by atomic mass is 16.6. The molecule has 0 bridgehead atoms. The highest BCUT2D eigenvalue weighted by molar-refractivity contribution is 5.69. The van der Waals surface area contributed by atoms with E-state index < -0.39 is 6.10 Å². The van der Waals surface area contributed by atoms with Gasteiger partial charge in [0.25, 0.3) is 0 Å². The molecule has 0 heterocycles. The van der Waals surface area contributed by atoms with Crippen molar-refractivity contribution in [2.75, 3.05) is 19.8 Å². The van der Waals surface area contributed by atoms with E-state index >= 15 is 0 Å². The summed E-state index contributed by atoms with van der Waals surface area (Å²) in [5.41, 5.74) is 0. The zero-order valence-corrected chi connectivity index (χ0v) is 35.9. The summed E-state index contributed by atoms with van der Waals surface area (Å²) >= 11 is 0. The normalized spacial score (nSPS) is 13.3. The van der Waals surface area contributed by atoms with Crippen molar-refractivity contribution in [3.05, 3.63) is 97.2 Å². The highest BCUT2D eigenvalue weighted by Crippen LogP contribution is 2.12. The summed E-state index contributed by atoms with van der Waals surface area (Å²) in [4.78, 5) is 12.2. The summed E-state index contributed by atoms with van der Waals surface area (Å²) in [5.74, 6) is -0.237. The van der Waals surface area contributed by atoms with Crippen molar-refractivity contribution in [2.45, 2.75) is 200 Å². The third-order valence-corrected chi connectivity index (χ3v) is 9.39. The molecule has 1 N–H and O–H groups in total. The van der Waals surface area contributed by atoms with Gasteiger partial charge in [-0.05, 0) is 96.3 Å². The van der Waals surface area contributed by atoms with Gasteiger partial charge in [-0.15, -0.1) is 0 Å². The van der Waals surface area contributed by atoms with Gasteiger partial charge in [0, 0.05) is 13.0 Å². The van der Waals surface area contributed by atoms with Crippen molar-refractivity contribution < 1.29 is 19.4 Å². The summed E-state index contributed by atoms with van der Waals surface area (Å²) in [6, 6.07) is 0. The molecule has 0 saturated carbocycles. The van der Waals surface area contributed by atoms with E-state index in [4.69, 9.17) is 9.47 Å². The minimum Gasteiger partial charge on any atom is -0.457 e. The van der Waals surface area contributed by atoms with Crippen LogP contribution in [0.2, 0.25) is 0 Å². The van der Waals surface area contributed by atoms with E-state index in [2.05, 4.69) is 111 Å². The van der Waals surface area contributed by atoms with Crippen LogP contribution in [0.15, 0.2) is 97.2 Å². The van der Waals surface area contributed by atoms with Gasteiger partial charge >= 0.3 is 5.97 Å². The second-order valence-electron chi connectivity index (χ2n) is 14.7. The first-order chi connectivity index (χ1) is 27.2. The number of allylic oxidation sites excluding steroid dienone is 16. The van der Waals surface area contributed by atoms with Crippen molar-refractivity contribution >= 4 is 5.97 Å². The molecule has 0 aliphatic rings. The Bertz CT molecular complexity index is 1030. The van der Waals surface area contributed by atoms with Gasteiger partial charge in [0.2, 0.25) is 0 Å². The van der Waals surface area contributed by atoms with Gasteiger partial charge in [0.1, 0.15) is 6.10 Å². The van der Waals surface area contributed by atoms with Crippen molar-refractivity contribution in [3.8, 4) is 0 Å². The lowest BCUT2D eigenvalue weighted by molar-refractivity contribution is -0.154. The summed E-state index contributed by atoms with van der Waals surface area (Å²) in [6.45, 7) is 5.16. The maximum absolute atomic E-state index is 12.2. The monoisotopic (exact) mass is 763 g/mol. The van der Waals surface area contributed by atoms with E-state index in [0.717, 1.165) is 83.5 Å². The Balaban J connectivity index is 3.53. The standard InChI is InChI=1S/C51H86O4/c1-3-5-7-9-11-13-15-17-19-21-23-24-25-26-27-29-31-33-35-37-39-41-43-45-47-54-49-50(48-52)55-51(53)46-44-42-40-38-36-34-32-30-28-22-20-18-16-14-12-10-8-6-4-2/h6,8,12,14-15,17-18,20-21,23,25-26,28,30,34,36,50,52H,3-5,7,9-11,13,16,19,22,24,27,29,31-33,35,37-49H2,1-2H3/b8-6-,14-12-,17-15-,20-18-,23-21-,26-25-,30-28-,36-34-. The number of unbranched alkanes of at least 4 members (excludes halogenated alkanes) is 17. The van der Waals surface area contributed by atoms with Crippen LogP contribution in [-0.2, 0) is 14.3 Å². The van der Waals surface area contributed by atoms with E-state index in [9.17, 15) is 9.90 Å². The van der Waals surface area contributed by atoms with Crippen LogP contribution in [0.5, 0.6) is 0 Å². The molecular weight excluding hydrogens is 677 g/mol.